The number of hydrogen-bond acceptors (Lipinski definition) is 1. The summed E-state index contributed by atoms with van der Waals surface area (Å²) in [5, 5.41) is 3.43. The first-order valence-corrected chi connectivity index (χ1v) is 5.80. The second-order valence-electron chi connectivity index (χ2n) is 4.33. The van der Waals surface area contributed by atoms with Crippen LogP contribution in [0.25, 0.3) is 0 Å². The molecular weight excluding hydrogens is 182 g/mol. The predicted molar refractivity (Wildman–Crippen MR) is 66.1 cm³/mol. The van der Waals surface area contributed by atoms with Gasteiger partial charge in [-0.2, -0.15) is 0 Å². The number of allylic oxidation sites excluding steroid dienone is 1. The Morgan fingerprint density at radius 3 is 2.67 bits per heavy atom. The smallest absolute Gasteiger partial charge is 0.0424 e. The second-order valence-corrected chi connectivity index (χ2v) is 4.33. The van der Waals surface area contributed by atoms with Gasteiger partial charge in [0.1, 0.15) is 0 Å². The van der Waals surface area contributed by atoms with Gasteiger partial charge in [0.25, 0.3) is 0 Å². The molecule has 0 saturated heterocycles. The minimum Gasteiger partial charge on any atom is -0.358 e. The summed E-state index contributed by atoms with van der Waals surface area (Å²) in [5.41, 5.74) is 4.02. The Balaban J connectivity index is 2.51. The molecule has 2 rings (SSSR count). The van der Waals surface area contributed by atoms with Crippen LogP contribution in [0.3, 0.4) is 0 Å². The number of nitrogens with one attached hydrogen (secondary N) is 1. The highest BCUT2D eigenvalue weighted by Gasteiger charge is 2.39. The van der Waals surface area contributed by atoms with Gasteiger partial charge < -0.3 is 5.32 Å². The third-order valence-electron chi connectivity index (χ3n) is 3.59. The first kappa shape index (κ1) is 10.3. The molecule has 0 radical (unpaired) electrons. The van der Waals surface area contributed by atoms with Crippen molar-refractivity contribution in [3.05, 3.63) is 42.1 Å². The molecule has 15 heavy (non-hydrogen) atoms. The van der Waals surface area contributed by atoms with Crippen LogP contribution in [0, 0.1) is 0 Å². The Kier molecular flexibility index (Phi) is 2.56. The van der Waals surface area contributed by atoms with Crippen LogP contribution in [0.5, 0.6) is 0 Å². The topological polar surface area (TPSA) is 12.0 Å². The van der Waals surface area contributed by atoms with Gasteiger partial charge >= 0.3 is 0 Å². The monoisotopic (exact) mass is 201 g/mol. The average molecular weight is 201 g/mol. The highest BCUT2D eigenvalue weighted by atomic mass is 15.0. The van der Waals surface area contributed by atoms with E-state index in [2.05, 4.69) is 50.0 Å². The lowest BCUT2D eigenvalue weighted by molar-refractivity contribution is 0.458. The van der Waals surface area contributed by atoms with Crippen molar-refractivity contribution in [2.24, 2.45) is 0 Å². The van der Waals surface area contributed by atoms with Gasteiger partial charge in [0, 0.05) is 16.8 Å². The second kappa shape index (κ2) is 3.73. The van der Waals surface area contributed by atoms with Crippen molar-refractivity contribution in [3.8, 4) is 0 Å². The fourth-order valence-corrected chi connectivity index (χ4v) is 2.75. The maximum Gasteiger partial charge on any atom is 0.0424 e. The third kappa shape index (κ3) is 1.38. The van der Waals surface area contributed by atoms with Crippen molar-refractivity contribution < 1.29 is 0 Å². The number of rotatable bonds is 3. The van der Waals surface area contributed by atoms with E-state index >= 15 is 0 Å². The lowest BCUT2D eigenvalue weighted by Gasteiger charge is -2.29. The Bertz CT molecular complexity index is 381. The normalized spacial score (nSPS) is 23.7. The van der Waals surface area contributed by atoms with E-state index in [-0.39, 0.29) is 5.41 Å². The summed E-state index contributed by atoms with van der Waals surface area (Å²) < 4.78 is 0. The van der Waals surface area contributed by atoms with Crippen LogP contribution in [-0.4, -0.2) is 0 Å². The molecule has 1 heterocycles. The molecule has 1 aliphatic rings. The van der Waals surface area contributed by atoms with E-state index in [4.69, 9.17) is 0 Å². The molecule has 1 atom stereocenters. The molecule has 1 aromatic carbocycles. The zero-order valence-electron chi connectivity index (χ0n) is 9.64. The van der Waals surface area contributed by atoms with Crippen LogP contribution < -0.4 is 5.32 Å². The molecular formula is C14H19N. The quantitative estimate of drug-likeness (QED) is 0.777. The van der Waals surface area contributed by atoms with Crippen molar-refractivity contribution >= 4 is 5.69 Å². The molecule has 1 aromatic rings. The molecule has 1 aliphatic heterocycles. The van der Waals surface area contributed by atoms with Crippen LogP contribution in [0.15, 0.2) is 36.5 Å². The summed E-state index contributed by atoms with van der Waals surface area (Å²) in [6.45, 7) is 8.70. The summed E-state index contributed by atoms with van der Waals surface area (Å²) in [6.07, 6.45) is 3.51. The van der Waals surface area contributed by atoms with E-state index < -0.39 is 0 Å². The van der Waals surface area contributed by atoms with E-state index in [9.17, 15) is 0 Å². The summed E-state index contributed by atoms with van der Waals surface area (Å²) in [6, 6.07) is 8.59. The van der Waals surface area contributed by atoms with Crippen molar-refractivity contribution in [2.75, 3.05) is 5.32 Å². The SMILES string of the molecule is C=C1Nc2ccccc2C1(CC)CCC. The molecule has 0 aromatic heterocycles. The largest absolute Gasteiger partial charge is 0.358 e. The summed E-state index contributed by atoms with van der Waals surface area (Å²) in [4.78, 5) is 0. The zero-order valence-corrected chi connectivity index (χ0v) is 9.64. The van der Waals surface area contributed by atoms with Gasteiger partial charge in [-0.3, -0.25) is 0 Å². The lowest BCUT2D eigenvalue weighted by atomic mass is 9.74. The number of benzene rings is 1. The van der Waals surface area contributed by atoms with Gasteiger partial charge in [-0.25, -0.2) is 0 Å². The molecule has 1 unspecified atom stereocenters. The molecule has 0 amide bonds. The van der Waals surface area contributed by atoms with E-state index in [1.165, 1.54) is 29.8 Å². The maximum absolute atomic E-state index is 4.20. The minimum absolute atomic E-state index is 0.172. The Hall–Kier alpha value is -1.24. The fraction of sp³-hybridized carbons (Fsp3) is 0.429. The Labute approximate surface area is 92.2 Å². The number of para-hydroxylation sites is 1. The number of fused-ring (bicyclic) bond motifs is 1. The summed E-state index contributed by atoms with van der Waals surface area (Å²) in [7, 11) is 0. The molecule has 80 valence electrons. The molecule has 1 N–H and O–H groups in total. The predicted octanol–water partition coefficient (Wildman–Crippen LogP) is 4.07. The standard InChI is InChI=1S/C14H19N/c1-4-10-14(5-2)11(3)15-13-9-7-6-8-12(13)14/h6-9,15H,3-5,10H2,1-2H3. The van der Waals surface area contributed by atoms with Crippen molar-refractivity contribution in [3.63, 3.8) is 0 Å². The van der Waals surface area contributed by atoms with Crippen LogP contribution in [0.2, 0.25) is 0 Å². The van der Waals surface area contributed by atoms with Crippen molar-refractivity contribution in [1.29, 1.82) is 0 Å². The molecule has 1 nitrogen and oxygen atoms in total. The third-order valence-corrected chi connectivity index (χ3v) is 3.59. The summed E-state index contributed by atoms with van der Waals surface area (Å²) in [5.74, 6) is 0. The van der Waals surface area contributed by atoms with Gasteiger partial charge in [-0.1, -0.05) is 45.0 Å². The van der Waals surface area contributed by atoms with E-state index in [1.54, 1.807) is 0 Å². The highest BCUT2D eigenvalue weighted by Crippen LogP contribution is 2.47. The molecule has 0 fully saturated rings. The van der Waals surface area contributed by atoms with E-state index in [0.717, 1.165) is 6.42 Å². The lowest BCUT2D eigenvalue weighted by Crippen LogP contribution is -2.24. The van der Waals surface area contributed by atoms with Crippen LogP contribution in [0.4, 0.5) is 5.69 Å². The van der Waals surface area contributed by atoms with Crippen molar-refractivity contribution in [1.82, 2.24) is 0 Å². The number of anilines is 1. The van der Waals surface area contributed by atoms with Crippen LogP contribution in [0.1, 0.15) is 38.7 Å². The van der Waals surface area contributed by atoms with Gasteiger partial charge in [-0.15, -0.1) is 0 Å². The summed E-state index contributed by atoms with van der Waals surface area (Å²) >= 11 is 0. The molecule has 1 heteroatoms. The van der Waals surface area contributed by atoms with E-state index in [0.29, 0.717) is 0 Å². The maximum atomic E-state index is 4.20. The highest BCUT2D eigenvalue weighted by molar-refractivity contribution is 5.67. The fourth-order valence-electron chi connectivity index (χ4n) is 2.75. The van der Waals surface area contributed by atoms with Crippen LogP contribution in [-0.2, 0) is 5.41 Å². The van der Waals surface area contributed by atoms with Gasteiger partial charge in [0.2, 0.25) is 0 Å². The number of hydrogen-bond donors (Lipinski definition) is 1. The first-order chi connectivity index (χ1) is 7.24. The Morgan fingerprint density at radius 2 is 2.00 bits per heavy atom. The van der Waals surface area contributed by atoms with Gasteiger partial charge in [0.15, 0.2) is 0 Å². The molecule has 0 aliphatic carbocycles. The molecule has 0 saturated carbocycles. The minimum atomic E-state index is 0.172. The zero-order chi connectivity index (χ0) is 10.9. The van der Waals surface area contributed by atoms with Crippen molar-refractivity contribution in [2.45, 2.75) is 38.5 Å². The molecule has 0 bridgehead atoms. The van der Waals surface area contributed by atoms with Gasteiger partial charge in [0.05, 0.1) is 0 Å². The molecule has 0 spiro atoms. The van der Waals surface area contributed by atoms with Gasteiger partial charge in [-0.05, 0) is 24.5 Å². The van der Waals surface area contributed by atoms with Crippen LogP contribution >= 0.6 is 0 Å². The average Bonchev–Trinajstić information content (AvgIpc) is 2.53. The first-order valence-electron chi connectivity index (χ1n) is 5.80. The Morgan fingerprint density at radius 1 is 1.27 bits per heavy atom. The van der Waals surface area contributed by atoms with E-state index in [1.807, 2.05) is 0 Å².